The highest BCUT2D eigenvalue weighted by Crippen LogP contribution is 2.10. The van der Waals surface area contributed by atoms with Gasteiger partial charge in [-0.15, -0.1) is 37.2 Å². The molecule has 1 aromatic carbocycles. The lowest BCUT2D eigenvalue weighted by Gasteiger charge is -2.05. The molecule has 0 bridgehead atoms. The fourth-order valence-corrected chi connectivity index (χ4v) is 1.42. The van der Waals surface area contributed by atoms with Crippen molar-refractivity contribution in [2.45, 2.75) is 6.54 Å². The van der Waals surface area contributed by atoms with E-state index in [0.29, 0.717) is 12.1 Å². The third kappa shape index (κ3) is 6.43. The molecular weight excluding hydrogens is 307 g/mol. The van der Waals surface area contributed by atoms with Gasteiger partial charge in [0.15, 0.2) is 0 Å². The average molecular weight is 322 g/mol. The lowest BCUT2D eigenvalue weighted by atomic mass is 10.2. The highest BCUT2D eigenvalue weighted by atomic mass is 35.5. The molecule has 0 spiro atoms. The van der Waals surface area contributed by atoms with E-state index in [0.717, 1.165) is 17.7 Å². The Morgan fingerprint density at radius 1 is 1.05 bits per heavy atom. The first-order valence-electron chi connectivity index (χ1n) is 5.07. The van der Waals surface area contributed by atoms with Crippen LogP contribution in [-0.2, 0) is 6.54 Å². The molecule has 0 radical (unpaired) electrons. The molecule has 1 N–H and O–H groups in total. The topological polar surface area (TPSA) is 42.0 Å². The maximum absolute atomic E-state index is 10.6. The molecule has 1 heterocycles. The molecule has 0 saturated carbocycles. The molecule has 0 unspecified atom stereocenters. The van der Waals surface area contributed by atoms with Gasteiger partial charge in [0.25, 0.3) is 0 Å². The van der Waals surface area contributed by atoms with Gasteiger partial charge < -0.3 is 5.32 Å². The Kier molecular flexibility index (Phi) is 11.2. The molecule has 0 aliphatic carbocycles. The summed E-state index contributed by atoms with van der Waals surface area (Å²) in [6, 6.07) is 13.2. The standard InChI is InChI=1S/C13H12N2O.3ClH/c16-10-11-4-3-6-12(8-11)15-9-13-5-1-2-7-14-13;;;/h1-8,10,15H,9H2;3*1H. The van der Waals surface area contributed by atoms with Gasteiger partial charge in [0.1, 0.15) is 6.29 Å². The van der Waals surface area contributed by atoms with Gasteiger partial charge in [0.2, 0.25) is 0 Å². The molecule has 0 atom stereocenters. The van der Waals surface area contributed by atoms with Crippen LogP contribution in [0.25, 0.3) is 0 Å². The summed E-state index contributed by atoms with van der Waals surface area (Å²) < 4.78 is 0. The molecule has 0 amide bonds. The number of rotatable bonds is 4. The fraction of sp³-hybridized carbons (Fsp3) is 0.0769. The van der Waals surface area contributed by atoms with Crippen molar-refractivity contribution < 1.29 is 4.79 Å². The monoisotopic (exact) mass is 320 g/mol. The summed E-state index contributed by atoms with van der Waals surface area (Å²) in [5.41, 5.74) is 2.57. The number of hydrogen-bond donors (Lipinski definition) is 1. The van der Waals surface area contributed by atoms with Crippen molar-refractivity contribution >= 4 is 49.2 Å². The molecule has 2 rings (SSSR count). The van der Waals surface area contributed by atoms with E-state index in [1.807, 2.05) is 36.4 Å². The summed E-state index contributed by atoms with van der Waals surface area (Å²) in [5, 5.41) is 3.21. The minimum atomic E-state index is 0. The minimum Gasteiger partial charge on any atom is -0.379 e. The van der Waals surface area contributed by atoms with Crippen molar-refractivity contribution in [1.82, 2.24) is 4.98 Å². The number of benzene rings is 1. The summed E-state index contributed by atoms with van der Waals surface area (Å²) in [4.78, 5) is 14.8. The first kappa shape index (κ1) is 20.0. The van der Waals surface area contributed by atoms with Crippen molar-refractivity contribution in [2.24, 2.45) is 0 Å². The van der Waals surface area contributed by atoms with Gasteiger partial charge in [-0.3, -0.25) is 9.78 Å². The Hall–Kier alpha value is -1.29. The smallest absolute Gasteiger partial charge is 0.150 e. The van der Waals surface area contributed by atoms with Crippen LogP contribution in [-0.4, -0.2) is 11.3 Å². The van der Waals surface area contributed by atoms with Gasteiger partial charge in [0, 0.05) is 17.4 Å². The molecule has 104 valence electrons. The van der Waals surface area contributed by atoms with Crippen molar-refractivity contribution in [2.75, 3.05) is 5.32 Å². The second-order valence-electron chi connectivity index (χ2n) is 3.42. The quantitative estimate of drug-likeness (QED) is 0.872. The van der Waals surface area contributed by atoms with E-state index in [-0.39, 0.29) is 37.2 Å². The molecule has 2 aromatic rings. The molecule has 0 aliphatic heterocycles. The van der Waals surface area contributed by atoms with Crippen LogP contribution >= 0.6 is 37.2 Å². The predicted molar refractivity (Wildman–Crippen MR) is 85.1 cm³/mol. The highest BCUT2D eigenvalue weighted by molar-refractivity contribution is 5.86. The number of nitrogens with zero attached hydrogens (tertiary/aromatic N) is 1. The summed E-state index contributed by atoms with van der Waals surface area (Å²) in [6.07, 6.45) is 2.60. The second kappa shape index (κ2) is 10.6. The van der Waals surface area contributed by atoms with Crippen molar-refractivity contribution in [1.29, 1.82) is 0 Å². The number of aromatic nitrogens is 1. The lowest BCUT2D eigenvalue weighted by Crippen LogP contribution is -2.01. The zero-order valence-corrected chi connectivity index (χ0v) is 12.4. The van der Waals surface area contributed by atoms with Crippen LogP contribution in [0.4, 0.5) is 5.69 Å². The Labute approximate surface area is 131 Å². The van der Waals surface area contributed by atoms with Crippen LogP contribution in [0.3, 0.4) is 0 Å². The van der Waals surface area contributed by atoms with Crippen LogP contribution in [0, 0.1) is 0 Å². The molecular formula is C13H15Cl3N2O. The molecule has 0 fully saturated rings. The van der Waals surface area contributed by atoms with Gasteiger partial charge in [-0.2, -0.15) is 0 Å². The molecule has 0 aliphatic rings. The van der Waals surface area contributed by atoms with Gasteiger partial charge in [-0.1, -0.05) is 18.2 Å². The van der Waals surface area contributed by atoms with Gasteiger partial charge in [-0.05, 0) is 24.3 Å². The number of anilines is 1. The van der Waals surface area contributed by atoms with Crippen LogP contribution < -0.4 is 5.32 Å². The van der Waals surface area contributed by atoms with Crippen molar-refractivity contribution in [3.8, 4) is 0 Å². The van der Waals surface area contributed by atoms with E-state index in [1.54, 1.807) is 12.3 Å². The predicted octanol–water partition coefficient (Wildman–Crippen LogP) is 3.77. The Morgan fingerprint density at radius 3 is 2.47 bits per heavy atom. The first-order chi connectivity index (χ1) is 7.88. The molecule has 1 aromatic heterocycles. The van der Waals surface area contributed by atoms with E-state index in [2.05, 4.69) is 10.3 Å². The van der Waals surface area contributed by atoms with Crippen LogP contribution in [0.1, 0.15) is 16.1 Å². The Balaban J connectivity index is 0. The van der Waals surface area contributed by atoms with Gasteiger partial charge in [-0.25, -0.2) is 0 Å². The summed E-state index contributed by atoms with van der Waals surface area (Å²) in [5.74, 6) is 0. The zero-order valence-electron chi connectivity index (χ0n) is 9.98. The van der Waals surface area contributed by atoms with E-state index < -0.39 is 0 Å². The third-order valence-corrected chi connectivity index (χ3v) is 2.22. The number of aldehydes is 1. The van der Waals surface area contributed by atoms with Crippen molar-refractivity contribution in [3.05, 3.63) is 59.9 Å². The number of hydrogen-bond acceptors (Lipinski definition) is 3. The molecule has 3 nitrogen and oxygen atoms in total. The SMILES string of the molecule is Cl.Cl.Cl.O=Cc1cccc(NCc2ccccn2)c1. The van der Waals surface area contributed by atoms with E-state index in [1.165, 1.54) is 0 Å². The molecule has 0 saturated heterocycles. The van der Waals surface area contributed by atoms with Gasteiger partial charge in [0.05, 0.1) is 12.2 Å². The largest absolute Gasteiger partial charge is 0.379 e. The number of pyridine rings is 1. The van der Waals surface area contributed by atoms with E-state index >= 15 is 0 Å². The fourth-order valence-electron chi connectivity index (χ4n) is 1.42. The number of nitrogens with one attached hydrogen (secondary N) is 1. The van der Waals surface area contributed by atoms with Crippen LogP contribution in [0.5, 0.6) is 0 Å². The van der Waals surface area contributed by atoms with E-state index in [9.17, 15) is 4.79 Å². The van der Waals surface area contributed by atoms with Crippen LogP contribution in [0.2, 0.25) is 0 Å². The summed E-state index contributed by atoms with van der Waals surface area (Å²) >= 11 is 0. The van der Waals surface area contributed by atoms with Crippen molar-refractivity contribution in [3.63, 3.8) is 0 Å². The Bertz CT molecular complexity index is 480. The minimum absolute atomic E-state index is 0. The first-order valence-corrected chi connectivity index (χ1v) is 5.07. The number of halogens is 3. The summed E-state index contributed by atoms with van der Waals surface area (Å²) in [7, 11) is 0. The maximum atomic E-state index is 10.6. The third-order valence-electron chi connectivity index (χ3n) is 2.22. The highest BCUT2D eigenvalue weighted by Gasteiger charge is 1.95. The van der Waals surface area contributed by atoms with Gasteiger partial charge >= 0.3 is 0 Å². The van der Waals surface area contributed by atoms with E-state index in [4.69, 9.17) is 0 Å². The van der Waals surface area contributed by atoms with Crippen LogP contribution in [0.15, 0.2) is 48.7 Å². The Morgan fingerprint density at radius 2 is 1.84 bits per heavy atom. The number of carbonyl (C=O) groups excluding carboxylic acids is 1. The average Bonchev–Trinajstić information content (AvgIpc) is 2.38. The maximum Gasteiger partial charge on any atom is 0.150 e. The second-order valence-corrected chi connectivity index (χ2v) is 3.42. The summed E-state index contributed by atoms with van der Waals surface area (Å²) in [6.45, 7) is 0.656. The number of carbonyl (C=O) groups is 1. The molecule has 19 heavy (non-hydrogen) atoms. The normalized spacial score (nSPS) is 8.21. The molecule has 6 heteroatoms. The lowest BCUT2D eigenvalue weighted by molar-refractivity contribution is 0.112. The zero-order chi connectivity index (χ0) is 11.2.